The van der Waals surface area contributed by atoms with Crippen molar-refractivity contribution >= 4 is 29.2 Å². The Kier molecular flexibility index (Phi) is 7.07. The first-order chi connectivity index (χ1) is 8.72. The van der Waals surface area contributed by atoms with Gasteiger partial charge in [-0.15, -0.1) is 11.8 Å². The maximum atomic E-state index is 9.27. The van der Waals surface area contributed by atoms with Crippen molar-refractivity contribution < 1.29 is 0 Å². The van der Waals surface area contributed by atoms with Crippen LogP contribution in [0.2, 0.25) is 0 Å². The number of thioether (sulfide) groups is 2. The summed E-state index contributed by atoms with van der Waals surface area (Å²) in [5.41, 5.74) is 1.74. The van der Waals surface area contributed by atoms with Crippen molar-refractivity contribution in [3.05, 3.63) is 23.8 Å². The molecule has 0 aliphatic carbocycles. The number of nitrogens with one attached hydrogen (secondary N) is 1. The topological polar surface area (TPSA) is 35.8 Å². The van der Waals surface area contributed by atoms with Crippen molar-refractivity contribution in [1.29, 1.82) is 5.26 Å². The molecule has 1 rings (SSSR count). The molecule has 1 unspecified atom stereocenters. The zero-order valence-corrected chi connectivity index (χ0v) is 12.8. The van der Waals surface area contributed by atoms with Gasteiger partial charge < -0.3 is 5.32 Å². The molecule has 1 N–H and O–H groups in total. The molecular weight excluding hydrogens is 260 g/mol. The molecule has 0 radical (unpaired) electrons. The van der Waals surface area contributed by atoms with Gasteiger partial charge in [-0.2, -0.15) is 17.0 Å². The standard InChI is InChI=1S/C14H20N2S2/c1-4-18-14-7-5-6-13(12(14)10-15)16-9-8-11(2)17-3/h5-7,11,16H,4,8-9H2,1-3H3. The van der Waals surface area contributed by atoms with Crippen LogP contribution in [0.15, 0.2) is 23.1 Å². The Balaban J connectivity index is 2.70. The van der Waals surface area contributed by atoms with E-state index in [-0.39, 0.29) is 0 Å². The number of rotatable bonds is 7. The number of anilines is 1. The van der Waals surface area contributed by atoms with E-state index in [1.165, 1.54) is 0 Å². The highest BCUT2D eigenvalue weighted by atomic mass is 32.2. The van der Waals surface area contributed by atoms with Gasteiger partial charge in [0.2, 0.25) is 0 Å². The van der Waals surface area contributed by atoms with Gasteiger partial charge in [-0.1, -0.05) is 19.9 Å². The van der Waals surface area contributed by atoms with Gasteiger partial charge in [0.1, 0.15) is 6.07 Å². The van der Waals surface area contributed by atoms with Crippen molar-refractivity contribution in [3.8, 4) is 6.07 Å². The average molecular weight is 280 g/mol. The average Bonchev–Trinajstić information content (AvgIpc) is 2.39. The van der Waals surface area contributed by atoms with Crippen LogP contribution in [0.1, 0.15) is 25.8 Å². The Labute approximate surface area is 119 Å². The highest BCUT2D eigenvalue weighted by Gasteiger charge is 2.08. The predicted octanol–water partition coefficient (Wildman–Crippen LogP) is 4.22. The summed E-state index contributed by atoms with van der Waals surface area (Å²) in [4.78, 5) is 1.07. The molecule has 2 nitrogen and oxygen atoms in total. The van der Waals surface area contributed by atoms with Crippen LogP contribution in [-0.4, -0.2) is 23.8 Å². The number of benzene rings is 1. The van der Waals surface area contributed by atoms with Crippen molar-refractivity contribution in [2.45, 2.75) is 30.4 Å². The Hall–Kier alpha value is -0.790. The van der Waals surface area contributed by atoms with Crippen LogP contribution in [0.4, 0.5) is 5.69 Å². The summed E-state index contributed by atoms with van der Waals surface area (Å²) in [6.07, 6.45) is 3.24. The number of hydrogen-bond donors (Lipinski definition) is 1. The number of nitriles is 1. The number of hydrogen-bond acceptors (Lipinski definition) is 4. The third kappa shape index (κ3) is 4.47. The van der Waals surface area contributed by atoms with E-state index in [9.17, 15) is 5.26 Å². The van der Waals surface area contributed by atoms with Crippen LogP contribution in [0.3, 0.4) is 0 Å². The highest BCUT2D eigenvalue weighted by Crippen LogP contribution is 2.27. The van der Waals surface area contributed by atoms with Crippen LogP contribution in [0.5, 0.6) is 0 Å². The minimum Gasteiger partial charge on any atom is -0.384 e. The lowest BCUT2D eigenvalue weighted by molar-refractivity contribution is 0.853. The van der Waals surface area contributed by atoms with E-state index in [0.29, 0.717) is 5.25 Å². The SMILES string of the molecule is CCSc1cccc(NCCC(C)SC)c1C#N. The first-order valence-corrected chi connectivity index (χ1v) is 8.42. The van der Waals surface area contributed by atoms with Crippen molar-refractivity contribution in [2.75, 3.05) is 23.9 Å². The molecule has 0 aliphatic heterocycles. The second-order valence-corrected chi connectivity index (χ2v) is 6.57. The van der Waals surface area contributed by atoms with Crippen LogP contribution in [-0.2, 0) is 0 Å². The summed E-state index contributed by atoms with van der Waals surface area (Å²) in [6.45, 7) is 5.24. The van der Waals surface area contributed by atoms with Gasteiger partial charge in [0, 0.05) is 16.7 Å². The highest BCUT2D eigenvalue weighted by molar-refractivity contribution is 7.99. The number of nitrogens with zero attached hydrogens (tertiary/aromatic N) is 1. The first kappa shape index (κ1) is 15.3. The zero-order valence-electron chi connectivity index (χ0n) is 11.2. The van der Waals surface area contributed by atoms with Crippen LogP contribution in [0, 0.1) is 11.3 Å². The van der Waals surface area contributed by atoms with E-state index in [4.69, 9.17) is 0 Å². The van der Waals surface area contributed by atoms with Crippen LogP contribution < -0.4 is 5.32 Å². The normalized spacial score (nSPS) is 11.9. The molecule has 0 saturated carbocycles. The summed E-state index contributed by atoms with van der Waals surface area (Å²) in [5.74, 6) is 0.988. The van der Waals surface area contributed by atoms with E-state index in [0.717, 1.165) is 34.9 Å². The van der Waals surface area contributed by atoms with Gasteiger partial charge >= 0.3 is 0 Å². The minimum atomic E-state index is 0.649. The molecule has 4 heteroatoms. The van der Waals surface area contributed by atoms with Gasteiger partial charge in [0.15, 0.2) is 0 Å². The van der Waals surface area contributed by atoms with E-state index in [1.807, 2.05) is 30.0 Å². The minimum absolute atomic E-state index is 0.649. The maximum Gasteiger partial charge on any atom is 0.102 e. The molecule has 0 saturated heterocycles. The van der Waals surface area contributed by atoms with Crippen molar-refractivity contribution in [3.63, 3.8) is 0 Å². The largest absolute Gasteiger partial charge is 0.384 e. The fraction of sp³-hybridized carbons (Fsp3) is 0.500. The molecule has 1 aromatic rings. The maximum absolute atomic E-state index is 9.27. The molecule has 0 aliphatic rings. The zero-order chi connectivity index (χ0) is 13.4. The summed E-state index contributed by atoms with van der Waals surface area (Å²) in [6, 6.07) is 8.33. The summed E-state index contributed by atoms with van der Waals surface area (Å²) < 4.78 is 0. The molecule has 0 heterocycles. The third-order valence-electron chi connectivity index (χ3n) is 2.71. The molecule has 98 valence electrons. The molecule has 0 bridgehead atoms. The Morgan fingerprint density at radius 3 is 2.83 bits per heavy atom. The molecule has 0 spiro atoms. The summed E-state index contributed by atoms with van der Waals surface area (Å²) >= 11 is 3.59. The quantitative estimate of drug-likeness (QED) is 0.758. The van der Waals surface area contributed by atoms with Gasteiger partial charge in [-0.3, -0.25) is 0 Å². The summed E-state index contributed by atoms with van der Waals surface area (Å²) in [5, 5.41) is 13.3. The fourth-order valence-electron chi connectivity index (χ4n) is 1.60. The smallest absolute Gasteiger partial charge is 0.102 e. The van der Waals surface area contributed by atoms with Gasteiger partial charge in [0.25, 0.3) is 0 Å². The lowest BCUT2D eigenvalue weighted by Crippen LogP contribution is -2.08. The van der Waals surface area contributed by atoms with Crippen molar-refractivity contribution in [1.82, 2.24) is 0 Å². The molecule has 1 aromatic carbocycles. The van der Waals surface area contributed by atoms with Gasteiger partial charge in [-0.25, -0.2) is 0 Å². The van der Waals surface area contributed by atoms with Crippen LogP contribution >= 0.6 is 23.5 Å². The lowest BCUT2D eigenvalue weighted by Gasteiger charge is -2.13. The van der Waals surface area contributed by atoms with Crippen LogP contribution in [0.25, 0.3) is 0 Å². The molecule has 0 fully saturated rings. The Morgan fingerprint density at radius 1 is 1.44 bits per heavy atom. The second-order valence-electron chi connectivity index (χ2n) is 3.99. The third-order valence-corrected chi connectivity index (χ3v) is 4.69. The molecule has 1 atom stereocenters. The predicted molar refractivity (Wildman–Crippen MR) is 83.6 cm³/mol. The molecular formula is C14H20N2S2. The lowest BCUT2D eigenvalue weighted by atomic mass is 10.2. The summed E-state index contributed by atoms with van der Waals surface area (Å²) in [7, 11) is 0. The van der Waals surface area contributed by atoms with Crippen molar-refractivity contribution in [2.24, 2.45) is 0 Å². The van der Waals surface area contributed by atoms with Gasteiger partial charge in [-0.05, 0) is 30.6 Å². The Morgan fingerprint density at radius 2 is 2.22 bits per heavy atom. The molecule has 0 aromatic heterocycles. The van der Waals surface area contributed by atoms with E-state index in [1.54, 1.807) is 11.8 Å². The monoisotopic (exact) mass is 280 g/mol. The molecule has 0 amide bonds. The van der Waals surface area contributed by atoms with E-state index in [2.05, 4.69) is 31.5 Å². The first-order valence-electron chi connectivity index (χ1n) is 6.15. The fourth-order valence-corrected chi connectivity index (χ4v) is 2.74. The van der Waals surface area contributed by atoms with E-state index < -0.39 is 0 Å². The van der Waals surface area contributed by atoms with Gasteiger partial charge in [0.05, 0.1) is 11.3 Å². The van der Waals surface area contributed by atoms with E-state index >= 15 is 0 Å². The molecule has 18 heavy (non-hydrogen) atoms. The second kappa shape index (κ2) is 8.34. The Bertz CT molecular complexity index is 413.